The molecule has 2 unspecified atom stereocenters. The van der Waals surface area contributed by atoms with E-state index in [9.17, 15) is 4.79 Å². The van der Waals surface area contributed by atoms with Gasteiger partial charge in [0.2, 0.25) is 11.9 Å². The van der Waals surface area contributed by atoms with Crippen LogP contribution in [0.5, 0.6) is 0 Å². The standard InChI is InChI=1S/C9H19N5O2/c1-6(5-16-2)12-9(14-10)13-7-3-8(15)11-4-7/h6-7H,3-5,10H2,1-2H3,(H,11,15)(H2,12,13,14). The van der Waals surface area contributed by atoms with Crippen molar-refractivity contribution >= 4 is 11.9 Å². The van der Waals surface area contributed by atoms with Crippen LogP contribution >= 0.6 is 0 Å². The van der Waals surface area contributed by atoms with E-state index in [-0.39, 0.29) is 18.0 Å². The number of methoxy groups -OCH3 is 1. The first-order valence-corrected chi connectivity index (χ1v) is 5.22. The van der Waals surface area contributed by atoms with Gasteiger partial charge in [0, 0.05) is 19.7 Å². The van der Waals surface area contributed by atoms with Crippen molar-refractivity contribution in [2.45, 2.75) is 25.4 Å². The quantitative estimate of drug-likeness (QED) is 0.200. The Bertz CT molecular complexity index is 269. The molecule has 0 aromatic carbocycles. The van der Waals surface area contributed by atoms with Gasteiger partial charge in [-0.05, 0) is 6.92 Å². The van der Waals surface area contributed by atoms with E-state index in [2.05, 4.69) is 21.1 Å². The Morgan fingerprint density at radius 3 is 3.06 bits per heavy atom. The molecule has 7 heteroatoms. The molecule has 0 radical (unpaired) electrons. The molecule has 5 N–H and O–H groups in total. The fraction of sp³-hybridized carbons (Fsp3) is 0.778. The van der Waals surface area contributed by atoms with Crippen molar-refractivity contribution in [3.63, 3.8) is 0 Å². The number of carbonyl (C=O) groups is 1. The molecule has 0 saturated carbocycles. The molecule has 1 heterocycles. The van der Waals surface area contributed by atoms with E-state index in [0.29, 0.717) is 25.5 Å². The first-order chi connectivity index (χ1) is 7.65. The Hall–Kier alpha value is -1.34. The smallest absolute Gasteiger partial charge is 0.222 e. The summed E-state index contributed by atoms with van der Waals surface area (Å²) < 4.78 is 4.98. The number of hydrogen-bond acceptors (Lipinski definition) is 4. The lowest BCUT2D eigenvalue weighted by molar-refractivity contribution is -0.119. The number of ether oxygens (including phenoxy) is 1. The highest BCUT2D eigenvalue weighted by Crippen LogP contribution is 2.03. The van der Waals surface area contributed by atoms with Crippen LogP contribution < -0.4 is 21.9 Å². The van der Waals surface area contributed by atoms with Gasteiger partial charge >= 0.3 is 0 Å². The molecule has 2 atom stereocenters. The molecule has 0 aromatic heterocycles. The third kappa shape index (κ3) is 4.03. The van der Waals surface area contributed by atoms with Gasteiger partial charge in [-0.2, -0.15) is 0 Å². The predicted molar refractivity (Wildman–Crippen MR) is 60.6 cm³/mol. The van der Waals surface area contributed by atoms with Crippen LogP contribution in [0.2, 0.25) is 0 Å². The normalized spacial score (nSPS) is 22.8. The van der Waals surface area contributed by atoms with Crippen molar-refractivity contribution in [2.75, 3.05) is 20.3 Å². The summed E-state index contributed by atoms with van der Waals surface area (Å²) in [6.45, 7) is 3.07. The zero-order valence-corrected chi connectivity index (χ0v) is 9.62. The third-order valence-corrected chi connectivity index (χ3v) is 2.20. The van der Waals surface area contributed by atoms with Crippen LogP contribution in [0.25, 0.3) is 0 Å². The topological polar surface area (TPSA) is 101 Å². The van der Waals surface area contributed by atoms with E-state index in [4.69, 9.17) is 10.6 Å². The van der Waals surface area contributed by atoms with E-state index in [0.717, 1.165) is 0 Å². The average molecular weight is 229 g/mol. The number of aliphatic imine (C=N–C) groups is 1. The second-order valence-electron chi connectivity index (χ2n) is 3.78. The number of nitrogens with zero attached hydrogens (tertiary/aromatic N) is 1. The second kappa shape index (κ2) is 6.29. The lowest BCUT2D eigenvalue weighted by Crippen LogP contribution is -2.47. The fourth-order valence-electron chi connectivity index (χ4n) is 1.51. The maximum Gasteiger partial charge on any atom is 0.222 e. The number of nitrogens with two attached hydrogens (primary N) is 1. The molecular formula is C9H19N5O2. The molecule has 0 bridgehead atoms. The minimum absolute atomic E-state index is 0.0232. The van der Waals surface area contributed by atoms with Gasteiger partial charge in [-0.25, -0.2) is 10.8 Å². The van der Waals surface area contributed by atoms with E-state index < -0.39 is 0 Å². The maximum absolute atomic E-state index is 11.0. The Morgan fingerprint density at radius 1 is 1.81 bits per heavy atom. The fourth-order valence-corrected chi connectivity index (χ4v) is 1.51. The Kier molecular flexibility index (Phi) is 5.00. The highest BCUT2D eigenvalue weighted by atomic mass is 16.5. The molecule has 1 aliphatic rings. The van der Waals surface area contributed by atoms with E-state index in [1.165, 1.54) is 0 Å². The van der Waals surface area contributed by atoms with Gasteiger partial charge in [-0.1, -0.05) is 0 Å². The Labute approximate surface area is 94.8 Å². The van der Waals surface area contributed by atoms with Crippen molar-refractivity contribution in [3.05, 3.63) is 0 Å². The van der Waals surface area contributed by atoms with Crippen molar-refractivity contribution in [1.29, 1.82) is 0 Å². The molecule has 92 valence electrons. The Morgan fingerprint density at radius 2 is 2.56 bits per heavy atom. The Balaban J connectivity index is 2.46. The van der Waals surface area contributed by atoms with Gasteiger partial charge in [0.15, 0.2) is 0 Å². The van der Waals surface area contributed by atoms with Crippen LogP contribution in [-0.4, -0.2) is 44.2 Å². The minimum atomic E-state index is -0.0548. The largest absolute Gasteiger partial charge is 0.383 e. The molecule has 1 amide bonds. The monoisotopic (exact) mass is 229 g/mol. The molecule has 0 spiro atoms. The van der Waals surface area contributed by atoms with Crippen LogP contribution in [0.4, 0.5) is 0 Å². The van der Waals surface area contributed by atoms with Crippen LogP contribution in [0.15, 0.2) is 4.99 Å². The lowest BCUT2D eigenvalue weighted by atomic mass is 10.3. The maximum atomic E-state index is 11.0. The highest BCUT2D eigenvalue weighted by Gasteiger charge is 2.21. The van der Waals surface area contributed by atoms with E-state index >= 15 is 0 Å². The summed E-state index contributed by atoms with van der Waals surface area (Å²) in [5.74, 6) is 5.84. The molecular weight excluding hydrogens is 210 g/mol. The van der Waals surface area contributed by atoms with Crippen molar-refractivity contribution in [2.24, 2.45) is 10.8 Å². The van der Waals surface area contributed by atoms with Crippen LogP contribution in [0, 0.1) is 0 Å². The highest BCUT2D eigenvalue weighted by molar-refractivity contribution is 5.82. The van der Waals surface area contributed by atoms with Gasteiger partial charge in [0.05, 0.1) is 19.1 Å². The van der Waals surface area contributed by atoms with E-state index in [1.807, 2.05) is 6.92 Å². The van der Waals surface area contributed by atoms with Gasteiger partial charge in [-0.3, -0.25) is 10.2 Å². The lowest BCUT2D eigenvalue weighted by Gasteiger charge is -2.16. The first-order valence-electron chi connectivity index (χ1n) is 5.22. The SMILES string of the molecule is COCC(C)NC(=NC1CNC(=O)C1)NN. The number of carbonyl (C=O) groups excluding carboxylic acids is 1. The summed E-state index contributed by atoms with van der Waals surface area (Å²) in [6.07, 6.45) is 0.408. The second-order valence-corrected chi connectivity index (χ2v) is 3.78. The number of amides is 1. The van der Waals surface area contributed by atoms with Gasteiger partial charge in [0.1, 0.15) is 0 Å². The molecule has 0 aromatic rings. The van der Waals surface area contributed by atoms with Crippen LogP contribution in [0.1, 0.15) is 13.3 Å². The molecule has 1 saturated heterocycles. The summed E-state index contributed by atoms with van der Waals surface area (Å²) in [7, 11) is 1.63. The molecule has 1 rings (SSSR count). The van der Waals surface area contributed by atoms with Crippen molar-refractivity contribution in [1.82, 2.24) is 16.1 Å². The predicted octanol–water partition coefficient (Wildman–Crippen LogP) is -1.68. The van der Waals surface area contributed by atoms with Crippen molar-refractivity contribution in [3.8, 4) is 0 Å². The average Bonchev–Trinajstić information content (AvgIpc) is 2.63. The summed E-state index contributed by atoms with van der Waals surface area (Å²) >= 11 is 0. The van der Waals surface area contributed by atoms with Crippen molar-refractivity contribution < 1.29 is 9.53 Å². The summed E-state index contributed by atoms with van der Waals surface area (Å²) in [4.78, 5) is 15.3. The first kappa shape index (κ1) is 12.7. The molecule has 16 heavy (non-hydrogen) atoms. The molecule has 1 aliphatic heterocycles. The summed E-state index contributed by atoms with van der Waals surface area (Å²) in [5.41, 5.74) is 2.48. The minimum Gasteiger partial charge on any atom is -0.383 e. The van der Waals surface area contributed by atoms with Gasteiger partial charge in [0.25, 0.3) is 0 Å². The number of hydrazine groups is 1. The number of guanidine groups is 1. The van der Waals surface area contributed by atoms with Crippen LogP contribution in [-0.2, 0) is 9.53 Å². The molecule has 7 nitrogen and oxygen atoms in total. The van der Waals surface area contributed by atoms with Gasteiger partial charge < -0.3 is 15.4 Å². The number of rotatable bonds is 4. The van der Waals surface area contributed by atoms with Crippen LogP contribution in [0.3, 0.4) is 0 Å². The number of nitrogens with one attached hydrogen (secondary N) is 3. The molecule has 1 fully saturated rings. The zero-order chi connectivity index (χ0) is 12.0. The summed E-state index contributed by atoms with van der Waals surface area (Å²) in [6, 6.07) is 0.0469. The summed E-state index contributed by atoms with van der Waals surface area (Å²) in [5, 5.41) is 5.77. The van der Waals surface area contributed by atoms with E-state index in [1.54, 1.807) is 7.11 Å². The molecule has 0 aliphatic carbocycles. The number of hydrogen-bond donors (Lipinski definition) is 4. The van der Waals surface area contributed by atoms with Gasteiger partial charge in [-0.15, -0.1) is 0 Å². The zero-order valence-electron chi connectivity index (χ0n) is 9.62. The third-order valence-electron chi connectivity index (χ3n) is 2.20.